The summed E-state index contributed by atoms with van der Waals surface area (Å²) in [6.07, 6.45) is 1.31. The Morgan fingerprint density at radius 3 is 2.33 bits per heavy atom. The highest BCUT2D eigenvalue weighted by Gasteiger charge is 2.20. The lowest BCUT2D eigenvalue weighted by Gasteiger charge is -2.10. The summed E-state index contributed by atoms with van der Waals surface area (Å²) in [5, 5.41) is 7.21. The van der Waals surface area contributed by atoms with Crippen LogP contribution < -0.4 is 10.5 Å². The molecule has 21 heavy (non-hydrogen) atoms. The molecule has 3 N–H and O–H groups in total. The Labute approximate surface area is 116 Å². The van der Waals surface area contributed by atoms with E-state index in [2.05, 4.69) is 4.98 Å². The highest BCUT2D eigenvalue weighted by atomic mass is 19.2. The van der Waals surface area contributed by atoms with Crippen molar-refractivity contribution in [2.75, 3.05) is 0 Å². The second-order valence-electron chi connectivity index (χ2n) is 4.05. The molecule has 1 heterocycles. The minimum absolute atomic E-state index is 0.0951. The summed E-state index contributed by atoms with van der Waals surface area (Å²) in [5.74, 6) is -7.78. The Morgan fingerprint density at radius 2 is 1.76 bits per heavy atom. The van der Waals surface area contributed by atoms with E-state index in [1.165, 1.54) is 18.3 Å². The molecule has 8 heteroatoms. The number of nitrogens with one attached hydrogen (secondary N) is 1. The van der Waals surface area contributed by atoms with Gasteiger partial charge in [0.25, 0.3) is 0 Å². The van der Waals surface area contributed by atoms with E-state index in [0.29, 0.717) is 5.56 Å². The Balaban J connectivity index is 2.25. The number of hydrogen-bond donors (Lipinski definition) is 2. The van der Waals surface area contributed by atoms with Crippen molar-refractivity contribution in [2.45, 2.75) is 6.61 Å². The van der Waals surface area contributed by atoms with Gasteiger partial charge < -0.3 is 10.5 Å². The third-order valence-electron chi connectivity index (χ3n) is 2.55. The fourth-order valence-corrected chi connectivity index (χ4v) is 1.54. The molecule has 0 saturated carbocycles. The summed E-state index contributed by atoms with van der Waals surface area (Å²) in [6, 6.07) is 2.89. The van der Waals surface area contributed by atoms with Crippen LogP contribution in [0.4, 0.5) is 17.6 Å². The number of benzene rings is 1. The van der Waals surface area contributed by atoms with Crippen LogP contribution in [0.2, 0.25) is 0 Å². The van der Waals surface area contributed by atoms with Crippen LogP contribution in [0.25, 0.3) is 0 Å². The predicted octanol–water partition coefficient (Wildman–Crippen LogP) is 2.50. The van der Waals surface area contributed by atoms with Crippen LogP contribution in [0.15, 0.2) is 24.4 Å². The summed E-state index contributed by atoms with van der Waals surface area (Å²) < 4.78 is 57.5. The van der Waals surface area contributed by atoms with Crippen molar-refractivity contribution < 1.29 is 22.3 Å². The van der Waals surface area contributed by atoms with Gasteiger partial charge in [-0.3, -0.25) is 10.4 Å². The van der Waals surface area contributed by atoms with Crippen molar-refractivity contribution in [3.63, 3.8) is 0 Å². The third-order valence-corrected chi connectivity index (χ3v) is 2.55. The lowest BCUT2D eigenvalue weighted by molar-refractivity contribution is 0.261. The maximum atomic E-state index is 13.4. The second-order valence-corrected chi connectivity index (χ2v) is 4.05. The Kier molecular flexibility index (Phi) is 4.06. The van der Waals surface area contributed by atoms with Gasteiger partial charge in [-0.2, -0.15) is 8.78 Å². The molecular weight excluding hydrogens is 290 g/mol. The van der Waals surface area contributed by atoms with Gasteiger partial charge in [-0.25, -0.2) is 8.78 Å². The maximum Gasteiger partial charge on any atom is 0.203 e. The van der Waals surface area contributed by atoms with Gasteiger partial charge in [-0.05, 0) is 17.7 Å². The molecule has 0 saturated heterocycles. The highest BCUT2D eigenvalue weighted by Crippen LogP contribution is 2.27. The molecule has 2 rings (SSSR count). The van der Waals surface area contributed by atoms with E-state index in [1.54, 1.807) is 0 Å². The van der Waals surface area contributed by atoms with Crippen molar-refractivity contribution in [1.29, 1.82) is 5.41 Å². The van der Waals surface area contributed by atoms with Crippen LogP contribution in [0.1, 0.15) is 11.3 Å². The molecule has 0 aliphatic rings. The van der Waals surface area contributed by atoms with Crippen LogP contribution in [-0.2, 0) is 6.61 Å². The van der Waals surface area contributed by atoms with Crippen LogP contribution in [-0.4, -0.2) is 10.8 Å². The number of aromatic nitrogens is 1. The minimum atomic E-state index is -1.62. The Bertz CT molecular complexity index is 680. The Morgan fingerprint density at radius 1 is 1.14 bits per heavy atom. The lowest BCUT2D eigenvalue weighted by atomic mass is 10.2. The van der Waals surface area contributed by atoms with E-state index in [-0.39, 0.29) is 24.2 Å². The largest absolute Gasteiger partial charge is 0.483 e. The van der Waals surface area contributed by atoms with Crippen molar-refractivity contribution in [2.24, 2.45) is 5.73 Å². The molecule has 1 aromatic heterocycles. The predicted molar refractivity (Wildman–Crippen MR) is 65.9 cm³/mol. The number of amidine groups is 1. The molecule has 0 amide bonds. The highest BCUT2D eigenvalue weighted by molar-refractivity contribution is 5.93. The Hall–Kier alpha value is -2.64. The van der Waals surface area contributed by atoms with Crippen molar-refractivity contribution in [3.05, 3.63) is 58.9 Å². The van der Waals surface area contributed by atoms with Gasteiger partial charge in [0.05, 0.1) is 0 Å². The number of ether oxygens (including phenoxy) is 1. The molecule has 0 aliphatic carbocycles. The van der Waals surface area contributed by atoms with Crippen molar-refractivity contribution in [3.8, 4) is 5.75 Å². The summed E-state index contributed by atoms with van der Waals surface area (Å²) in [7, 11) is 0. The number of nitrogens with zero attached hydrogens (tertiary/aromatic N) is 1. The fraction of sp³-hybridized carbons (Fsp3) is 0.0769. The minimum Gasteiger partial charge on any atom is -0.483 e. The van der Waals surface area contributed by atoms with E-state index in [1.807, 2.05) is 0 Å². The monoisotopic (exact) mass is 299 g/mol. The van der Waals surface area contributed by atoms with Gasteiger partial charge in [-0.15, -0.1) is 0 Å². The van der Waals surface area contributed by atoms with Crippen LogP contribution >= 0.6 is 0 Å². The van der Waals surface area contributed by atoms with Gasteiger partial charge in [-0.1, -0.05) is 0 Å². The molecular formula is C13H9F4N3O. The number of rotatable bonds is 4. The zero-order valence-corrected chi connectivity index (χ0v) is 10.5. The molecule has 0 bridgehead atoms. The molecule has 0 spiro atoms. The molecule has 4 nitrogen and oxygen atoms in total. The van der Waals surface area contributed by atoms with Crippen LogP contribution in [0, 0.1) is 28.7 Å². The zero-order chi connectivity index (χ0) is 15.6. The smallest absolute Gasteiger partial charge is 0.203 e. The lowest BCUT2D eigenvalue weighted by Crippen LogP contribution is -2.13. The van der Waals surface area contributed by atoms with Crippen LogP contribution in [0.3, 0.4) is 0 Å². The number of hydrogen-bond acceptors (Lipinski definition) is 3. The molecule has 0 fully saturated rings. The first kappa shape index (κ1) is 14.8. The normalized spacial score (nSPS) is 10.5. The quantitative estimate of drug-likeness (QED) is 0.394. The zero-order valence-electron chi connectivity index (χ0n) is 10.5. The number of nitrogen functional groups attached to an aromatic ring is 1. The van der Waals surface area contributed by atoms with Crippen molar-refractivity contribution >= 4 is 5.84 Å². The average Bonchev–Trinajstić information content (AvgIpc) is 2.45. The fourth-order valence-electron chi connectivity index (χ4n) is 1.54. The summed E-state index contributed by atoms with van der Waals surface area (Å²) in [5.41, 5.74) is 5.75. The molecule has 110 valence electrons. The van der Waals surface area contributed by atoms with Gasteiger partial charge >= 0.3 is 0 Å². The van der Waals surface area contributed by atoms with Crippen molar-refractivity contribution in [1.82, 2.24) is 4.98 Å². The van der Waals surface area contributed by atoms with Gasteiger partial charge in [0.2, 0.25) is 11.6 Å². The summed E-state index contributed by atoms with van der Waals surface area (Å²) in [6.45, 7) is -0.375. The number of halogens is 4. The first-order valence-electron chi connectivity index (χ1n) is 5.65. The van der Waals surface area contributed by atoms with E-state index < -0.39 is 29.0 Å². The van der Waals surface area contributed by atoms with Gasteiger partial charge in [0.15, 0.2) is 17.4 Å². The first-order valence-corrected chi connectivity index (χ1v) is 5.65. The molecule has 2 aromatic rings. The molecule has 0 aliphatic heterocycles. The second kappa shape index (κ2) is 5.78. The molecule has 0 unspecified atom stereocenters. The SMILES string of the molecule is N=C(N)c1cc(COc2c(F)c(F)cc(F)c2F)ccn1. The number of nitrogens with two attached hydrogens (primary N) is 1. The molecule has 1 aromatic carbocycles. The maximum absolute atomic E-state index is 13.4. The molecule has 0 atom stereocenters. The summed E-state index contributed by atoms with van der Waals surface area (Å²) >= 11 is 0. The molecule has 0 radical (unpaired) electrons. The van der Waals surface area contributed by atoms with E-state index >= 15 is 0 Å². The van der Waals surface area contributed by atoms with E-state index in [9.17, 15) is 17.6 Å². The van der Waals surface area contributed by atoms with Crippen LogP contribution in [0.5, 0.6) is 5.75 Å². The standard InChI is InChI=1S/C13H9F4N3O/c14-7-4-8(15)11(17)12(10(7)16)21-5-6-1-2-20-9(3-6)13(18)19/h1-4H,5H2,(H3,18,19). The third kappa shape index (κ3) is 3.10. The first-order chi connectivity index (χ1) is 9.90. The van der Waals surface area contributed by atoms with Gasteiger partial charge in [0.1, 0.15) is 18.1 Å². The topological polar surface area (TPSA) is 72.0 Å². The summed E-state index contributed by atoms with van der Waals surface area (Å²) in [4.78, 5) is 3.78. The van der Waals surface area contributed by atoms with E-state index in [0.717, 1.165) is 0 Å². The average molecular weight is 299 g/mol. The van der Waals surface area contributed by atoms with E-state index in [4.69, 9.17) is 15.9 Å². The van der Waals surface area contributed by atoms with Gasteiger partial charge in [0, 0.05) is 12.3 Å². The number of pyridine rings is 1.